The third-order valence-electron chi connectivity index (χ3n) is 3.91. The first kappa shape index (κ1) is 12.6. The SMILES string of the molecule is CC(C)C1CCC(NCc2ncn(C)n2)CC1. The minimum absolute atomic E-state index is 0.661. The first-order chi connectivity index (χ1) is 8.15. The van der Waals surface area contributed by atoms with Crippen LogP contribution in [0.25, 0.3) is 0 Å². The third-order valence-corrected chi connectivity index (χ3v) is 3.91. The van der Waals surface area contributed by atoms with Crippen LogP contribution in [-0.4, -0.2) is 20.8 Å². The Kier molecular flexibility index (Phi) is 4.15. The monoisotopic (exact) mass is 236 g/mol. The molecule has 0 bridgehead atoms. The van der Waals surface area contributed by atoms with Crippen molar-refractivity contribution in [2.75, 3.05) is 0 Å². The van der Waals surface area contributed by atoms with Crippen LogP contribution in [-0.2, 0) is 13.6 Å². The zero-order chi connectivity index (χ0) is 12.3. The topological polar surface area (TPSA) is 42.7 Å². The molecule has 0 aliphatic heterocycles. The van der Waals surface area contributed by atoms with Gasteiger partial charge in [-0.25, -0.2) is 4.98 Å². The number of nitrogens with one attached hydrogen (secondary N) is 1. The van der Waals surface area contributed by atoms with Crippen LogP contribution in [0.1, 0.15) is 45.4 Å². The number of aromatic nitrogens is 3. The lowest BCUT2D eigenvalue weighted by Gasteiger charge is -2.31. The van der Waals surface area contributed by atoms with Gasteiger partial charge in [0.25, 0.3) is 0 Å². The lowest BCUT2D eigenvalue weighted by Crippen LogP contribution is -2.34. The van der Waals surface area contributed by atoms with E-state index in [0.29, 0.717) is 6.04 Å². The smallest absolute Gasteiger partial charge is 0.164 e. The minimum Gasteiger partial charge on any atom is -0.307 e. The lowest BCUT2D eigenvalue weighted by atomic mass is 9.80. The molecule has 1 heterocycles. The van der Waals surface area contributed by atoms with Crippen molar-refractivity contribution in [2.45, 2.75) is 52.1 Å². The molecule has 0 saturated heterocycles. The molecule has 1 aliphatic carbocycles. The van der Waals surface area contributed by atoms with E-state index >= 15 is 0 Å². The van der Waals surface area contributed by atoms with Crippen LogP contribution in [0.15, 0.2) is 6.33 Å². The molecule has 1 aromatic heterocycles. The molecule has 0 amide bonds. The molecule has 0 aromatic carbocycles. The zero-order valence-electron chi connectivity index (χ0n) is 11.2. The number of rotatable bonds is 4. The maximum absolute atomic E-state index is 4.28. The Morgan fingerprint density at radius 3 is 2.59 bits per heavy atom. The molecule has 0 unspecified atom stereocenters. The molecule has 1 saturated carbocycles. The molecule has 0 radical (unpaired) electrons. The van der Waals surface area contributed by atoms with Gasteiger partial charge < -0.3 is 5.32 Å². The molecule has 4 heteroatoms. The van der Waals surface area contributed by atoms with Gasteiger partial charge in [0, 0.05) is 13.1 Å². The van der Waals surface area contributed by atoms with Crippen molar-refractivity contribution in [2.24, 2.45) is 18.9 Å². The fourth-order valence-electron chi connectivity index (χ4n) is 2.69. The number of hydrogen-bond acceptors (Lipinski definition) is 3. The molecule has 1 fully saturated rings. The molecule has 17 heavy (non-hydrogen) atoms. The fourth-order valence-corrected chi connectivity index (χ4v) is 2.69. The second-order valence-corrected chi connectivity index (χ2v) is 5.57. The highest BCUT2D eigenvalue weighted by Crippen LogP contribution is 2.29. The summed E-state index contributed by atoms with van der Waals surface area (Å²) in [6.07, 6.45) is 7.09. The van der Waals surface area contributed by atoms with Crippen molar-refractivity contribution >= 4 is 0 Å². The van der Waals surface area contributed by atoms with E-state index < -0.39 is 0 Å². The molecule has 1 N–H and O–H groups in total. The second kappa shape index (κ2) is 5.63. The molecular weight excluding hydrogens is 212 g/mol. The van der Waals surface area contributed by atoms with E-state index in [1.54, 1.807) is 11.0 Å². The van der Waals surface area contributed by atoms with E-state index in [0.717, 1.165) is 24.2 Å². The van der Waals surface area contributed by atoms with Crippen molar-refractivity contribution in [1.82, 2.24) is 20.1 Å². The highest BCUT2D eigenvalue weighted by molar-refractivity contribution is 4.84. The van der Waals surface area contributed by atoms with Crippen molar-refractivity contribution in [3.63, 3.8) is 0 Å². The predicted octanol–water partition coefficient (Wildman–Crippen LogP) is 2.12. The molecule has 0 atom stereocenters. The Balaban J connectivity index is 1.71. The van der Waals surface area contributed by atoms with Crippen molar-refractivity contribution in [3.8, 4) is 0 Å². The lowest BCUT2D eigenvalue weighted by molar-refractivity contribution is 0.237. The van der Waals surface area contributed by atoms with E-state index in [2.05, 4.69) is 29.2 Å². The van der Waals surface area contributed by atoms with Gasteiger partial charge in [-0.3, -0.25) is 4.68 Å². The number of nitrogens with zero attached hydrogens (tertiary/aromatic N) is 3. The Morgan fingerprint density at radius 1 is 1.35 bits per heavy atom. The molecule has 4 nitrogen and oxygen atoms in total. The van der Waals surface area contributed by atoms with E-state index in [1.807, 2.05) is 7.05 Å². The van der Waals surface area contributed by atoms with Crippen LogP contribution in [0.5, 0.6) is 0 Å². The fraction of sp³-hybridized carbons (Fsp3) is 0.846. The van der Waals surface area contributed by atoms with Crippen LogP contribution >= 0.6 is 0 Å². The summed E-state index contributed by atoms with van der Waals surface area (Å²) in [6, 6.07) is 0.661. The first-order valence-electron chi connectivity index (χ1n) is 6.73. The molecule has 2 rings (SSSR count). The van der Waals surface area contributed by atoms with Crippen LogP contribution < -0.4 is 5.32 Å². The summed E-state index contributed by atoms with van der Waals surface area (Å²) >= 11 is 0. The van der Waals surface area contributed by atoms with Gasteiger partial charge in [0.2, 0.25) is 0 Å². The summed E-state index contributed by atoms with van der Waals surface area (Å²) in [5, 5.41) is 7.85. The summed E-state index contributed by atoms with van der Waals surface area (Å²) in [7, 11) is 1.91. The van der Waals surface area contributed by atoms with E-state index in [1.165, 1.54) is 25.7 Å². The van der Waals surface area contributed by atoms with Gasteiger partial charge in [0.05, 0.1) is 6.54 Å². The Hall–Kier alpha value is -0.900. The molecule has 0 spiro atoms. The van der Waals surface area contributed by atoms with E-state index in [9.17, 15) is 0 Å². The average molecular weight is 236 g/mol. The maximum atomic E-state index is 4.28. The van der Waals surface area contributed by atoms with Crippen molar-refractivity contribution < 1.29 is 0 Å². The number of aryl methyl sites for hydroxylation is 1. The minimum atomic E-state index is 0.661. The number of hydrogen-bond donors (Lipinski definition) is 1. The van der Waals surface area contributed by atoms with Gasteiger partial charge in [0.1, 0.15) is 6.33 Å². The highest BCUT2D eigenvalue weighted by Gasteiger charge is 2.22. The normalized spacial score (nSPS) is 25.4. The van der Waals surface area contributed by atoms with Crippen LogP contribution in [0.4, 0.5) is 0 Å². The van der Waals surface area contributed by atoms with E-state index in [-0.39, 0.29) is 0 Å². The van der Waals surface area contributed by atoms with E-state index in [4.69, 9.17) is 0 Å². The quantitative estimate of drug-likeness (QED) is 0.870. The molecule has 1 aromatic rings. The van der Waals surface area contributed by atoms with Gasteiger partial charge in [-0.15, -0.1) is 0 Å². The largest absolute Gasteiger partial charge is 0.307 e. The van der Waals surface area contributed by atoms with Crippen LogP contribution in [0.2, 0.25) is 0 Å². The summed E-state index contributed by atoms with van der Waals surface area (Å²) in [5.74, 6) is 2.67. The van der Waals surface area contributed by atoms with Gasteiger partial charge >= 0.3 is 0 Å². The van der Waals surface area contributed by atoms with Gasteiger partial charge in [-0.2, -0.15) is 5.10 Å². The Bertz CT molecular complexity index is 337. The second-order valence-electron chi connectivity index (χ2n) is 5.57. The van der Waals surface area contributed by atoms with Gasteiger partial charge in [-0.05, 0) is 37.5 Å². The summed E-state index contributed by atoms with van der Waals surface area (Å²) < 4.78 is 1.76. The third kappa shape index (κ3) is 3.53. The predicted molar refractivity (Wildman–Crippen MR) is 68.4 cm³/mol. The van der Waals surface area contributed by atoms with Crippen molar-refractivity contribution in [1.29, 1.82) is 0 Å². The highest BCUT2D eigenvalue weighted by atomic mass is 15.3. The Morgan fingerprint density at radius 2 is 2.06 bits per heavy atom. The summed E-state index contributed by atoms with van der Waals surface area (Å²) in [5.41, 5.74) is 0. The molecule has 1 aliphatic rings. The standard InChI is InChI=1S/C13H24N4/c1-10(2)11-4-6-12(7-5-11)14-8-13-15-9-17(3)16-13/h9-12,14H,4-8H2,1-3H3. The maximum Gasteiger partial charge on any atom is 0.164 e. The summed E-state index contributed by atoms with van der Waals surface area (Å²) in [4.78, 5) is 4.23. The van der Waals surface area contributed by atoms with Crippen molar-refractivity contribution in [3.05, 3.63) is 12.2 Å². The molecule has 96 valence electrons. The average Bonchev–Trinajstić information content (AvgIpc) is 2.73. The van der Waals surface area contributed by atoms with Gasteiger partial charge in [0.15, 0.2) is 5.82 Å². The Labute approximate surface area is 104 Å². The summed E-state index contributed by atoms with van der Waals surface area (Å²) in [6.45, 7) is 5.49. The van der Waals surface area contributed by atoms with Crippen LogP contribution in [0.3, 0.4) is 0 Å². The zero-order valence-corrected chi connectivity index (χ0v) is 11.2. The van der Waals surface area contributed by atoms with Crippen LogP contribution in [0, 0.1) is 11.8 Å². The molecular formula is C13H24N4. The van der Waals surface area contributed by atoms with Gasteiger partial charge in [-0.1, -0.05) is 13.8 Å². The first-order valence-corrected chi connectivity index (χ1v) is 6.73.